The molecule has 0 radical (unpaired) electrons. The first-order valence-corrected chi connectivity index (χ1v) is 6.26. The van der Waals surface area contributed by atoms with Gasteiger partial charge < -0.3 is 15.2 Å². The minimum absolute atomic E-state index is 0.576. The fourth-order valence-electron chi connectivity index (χ4n) is 1.74. The maximum atomic E-state index is 5.65. The van der Waals surface area contributed by atoms with E-state index in [0.29, 0.717) is 18.3 Å². The van der Waals surface area contributed by atoms with Crippen molar-refractivity contribution in [2.24, 2.45) is 0 Å². The second-order valence-electron chi connectivity index (χ2n) is 3.77. The monoisotopic (exact) mass is 248 g/mol. The highest BCUT2D eigenvalue weighted by molar-refractivity contribution is 7.18. The molecule has 0 atom stereocenters. The smallest absolute Gasteiger partial charge is 0.180 e. The standard InChI is InChI=1S/C12H12N2O2S/c13-12-14-7-11(17-12)8-2-3-9-10(6-8)16-5-1-4-15-9/h2-3,6-7H,1,4-5H2,(H2,13,14). The Kier molecular flexibility index (Phi) is 2.60. The summed E-state index contributed by atoms with van der Waals surface area (Å²) >= 11 is 1.47. The Morgan fingerprint density at radius 2 is 2.00 bits per heavy atom. The normalized spacial score (nSPS) is 14.4. The van der Waals surface area contributed by atoms with Crippen LogP contribution in [0.4, 0.5) is 5.13 Å². The largest absolute Gasteiger partial charge is 0.490 e. The van der Waals surface area contributed by atoms with Crippen LogP contribution < -0.4 is 15.2 Å². The number of aromatic nitrogens is 1. The molecule has 2 heterocycles. The molecular weight excluding hydrogens is 236 g/mol. The van der Waals surface area contributed by atoms with Crippen LogP contribution in [0.2, 0.25) is 0 Å². The van der Waals surface area contributed by atoms with Gasteiger partial charge in [0.05, 0.1) is 18.1 Å². The van der Waals surface area contributed by atoms with E-state index in [4.69, 9.17) is 15.2 Å². The lowest BCUT2D eigenvalue weighted by molar-refractivity contribution is 0.297. The van der Waals surface area contributed by atoms with E-state index < -0.39 is 0 Å². The minimum Gasteiger partial charge on any atom is -0.490 e. The summed E-state index contributed by atoms with van der Waals surface area (Å²) in [6, 6.07) is 5.92. The molecule has 88 valence electrons. The average molecular weight is 248 g/mol. The maximum Gasteiger partial charge on any atom is 0.180 e. The quantitative estimate of drug-likeness (QED) is 0.842. The molecule has 2 N–H and O–H groups in total. The zero-order valence-corrected chi connectivity index (χ0v) is 10.00. The van der Waals surface area contributed by atoms with E-state index in [1.54, 1.807) is 6.20 Å². The van der Waals surface area contributed by atoms with Crippen LogP contribution in [0.3, 0.4) is 0 Å². The van der Waals surface area contributed by atoms with Crippen molar-refractivity contribution in [2.75, 3.05) is 18.9 Å². The molecule has 0 bridgehead atoms. The molecule has 0 amide bonds. The first-order valence-electron chi connectivity index (χ1n) is 5.44. The summed E-state index contributed by atoms with van der Waals surface area (Å²) in [7, 11) is 0. The molecule has 1 aliphatic heterocycles. The summed E-state index contributed by atoms with van der Waals surface area (Å²) in [5.74, 6) is 1.61. The van der Waals surface area contributed by atoms with E-state index in [2.05, 4.69) is 4.98 Å². The SMILES string of the molecule is Nc1ncc(-c2ccc3c(c2)OCCCO3)s1. The molecule has 0 saturated carbocycles. The number of nitrogens with zero attached hydrogens (tertiary/aromatic N) is 1. The van der Waals surface area contributed by atoms with Crippen molar-refractivity contribution in [3.63, 3.8) is 0 Å². The summed E-state index contributed by atoms with van der Waals surface area (Å²) < 4.78 is 11.2. The molecular formula is C12H12N2O2S. The van der Waals surface area contributed by atoms with E-state index in [-0.39, 0.29) is 0 Å². The number of fused-ring (bicyclic) bond motifs is 1. The van der Waals surface area contributed by atoms with Gasteiger partial charge in [-0.3, -0.25) is 0 Å². The number of anilines is 1. The molecule has 3 rings (SSSR count). The van der Waals surface area contributed by atoms with Crippen LogP contribution in [0.5, 0.6) is 11.5 Å². The van der Waals surface area contributed by atoms with E-state index in [1.807, 2.05) is 18.2 Å². The molecule has 17 heavy (non-hydrogen) atoms. The zero-order valence-electron chi connectivity index (χ0n) is 9.18. The molecule has 5 heteroatoms. The highest BCUT2D eigenvalue weighted by atomic mass is 32.1. The number of benzene rings is 1. The van der Waals surface area contributed by atoms with Crippen LogP contribution in [0.15, 0.2) is 24.4 Å². The molecule has 1 aromatic carbocycles. The molecule has 0 fully saturated rings. The Bertz CT molecular complexity index is 539. The zero-order chi connectivity index (χ0) is 11.7. The number of thiazole rings is 1. The van der Waals surface area contributed by atoms with Crippen molar-refractivity contribution in [3.05, 3.63) is 24.4 Å². The van der Waals surface area contributed by atoms with Gasteiger partial charge in [0, 0.05) is 12.6 Å². The summed E-state index contributed by atoms with van der Waals surface area (Å²) in [4.78, 5) is 5.09. The van der Waals surface area contributed by atoms with Gasteiger partial charge in [0.2, 0.25) is 0 Å². The number of hydrogen-bond donors (Lipinski definition) is 1. The van der Waals surface area contributed by atoms with E-state index in [1.165, 1.54) is 11.3 Å². The second kappa shape index (κ2) is 4.25. The lowest BCUT2D eigenvalue weighted by Gasteiger charge is -2.08. The number of nitrogen functional groups attached to an aromatic ring is 1. The predicted octanol–water partition coefficient (Wildman–Crippen LogP) is 2.55. The van der Waals surface area contributed by atoms with Crippen LogP contribution in [0.1, 0.15) is 6.42 Å². The van der Waals surface area contributed by atoms with Crippen molar-refractivity contribution in [1.29, 1.82) is 0 Å². The molecule has 0 spiro atoms. The van der Waals surface area contributed by atoms with Crippen LogP contribution in [-0.4, -0.2) is 18.2 Å². The fraction of sp³-hybridized carbons (Fsp3) is 0.250. The lowest BCUT2D eigenvalue weighted by Crippen LogP contribution is -1.97. The third-order valence-electron chi connectivity index (χ3n) is 2.56. The Labute approximate surface area is 103 Å². The van der Waals surface area contributed by atoms with Gasteiger partial charge in [-0.05, 0) is 23.8 Å². The van der Waals surface area contributed by atoms with Crippen LogP contribution in [0, 0.1) is 0 Å². The summed E-state index contributed by atoms with van der Waals surface area (Å²) in [6.45, 7) is 1.40. The molecule has 0 saturated heterocycles. The number of nitrogens with two attached hydrogens (primary N) is 1. The van der Waals surface area contributed by atoms with Crippen molar-refractivity contribution in [1.82, 2.24) is 4.98 Å². The average Bonchev–Trinajstić information content (AvgIpc) is 2.64. The third-order valence-corrected chi connectivity index (χ3v) is 3.43. The number of hydrogen-bond acceptors (Lipinski definition) is 5. The topological polar surface area (TPSA) is 57.4 Å². The van der Waals surface area contributed by atoms with Crippen LogP contribution in [-0.2, 0) is 0 Å². The van der Waals surface area contributed by atoms with Crippen molar-refractivity contribution < 1.29 is 9.47 Å². The van der Waals surface area contributed by atoms with Gasteiger partial charge in [-0.25, -0.2) is 4.98 Å². The first-order chi connectivity index (χ1) is 8.33. The number of rotatable bonds is 1. The third kappa shape index (κ3) is 2.06. The van der Waals surface area contributed by atoms with E-state index in [9.17, 15) is 0 Å². The van der Waals surface area contributed by atoms with Crippen molar-refractivity contribution >= 4 is 16.5 Å². The van der Waals surface area contributed by atoms with Gasteiger partial charge in [0.25, 0.3) is 0 Å². The van der Waals surface area contributed by atoms with Gasteiger partial charge in [-0.15, -0.1) is 0 Å². The lowest BCUT2D eigenvalue weighted by atomic mass is 10.2. The van der Waals surface area contributed by atoms with E-state index >= 15 is 0 Å². The summed E-state index contributed by atoms with van der Waals surface area (Å²) in [6.07, 6.45) is 2.69. The van der Waals surface area contributed by atoms with Gasteiger partial charge in [-0.2, -0.15) is 0 Å². The van der Waals surface area contributed by atoms with Crippen LogP contribution in [0.25, 0.3) is 10.4 Å². The minimum atomic E-state index is 0.576. The highest BCUT2D eigenvalue weighted by Gasteiger charge is 2.12. The van der Waals surface area contributed by atoms with Gasteiger partial charge in [0.15, 0.2) is 16.6 Å². The van der Waals surface area contributed by atoms with Gasteiger partial charge in [-0.1, -0.05) is 11.3 Å². The van der Waals surface area contributed by atoms with Crippen molar-refractivity contribution in [3.8, 4) is 21.9 Å². The molecule has 0 aliphatic carbocycles. The Morgan fingerprint density at radius 3 is 2.76 bits per heavy atom. The summed E-state index contributed by atoms with van der Waals surface area (Å²) in [5.41, 5.74) is 6.69. The van der Waals surface area contributed by atoms with E-state index in [0.717, 1.165) is 28.4 Å². The van der Waals surface area contributed by atoms with Gasteiger partial charge >= 0.3 is 0 Å². The molecule has 1 aromatic heterocycles. The van der Waals surface area contributed by atoms with Crippen molar-refractivity contribution in [2.45, 2.75) is 6.42 Å². The Hall–Kier alpha value is -1.75. The van der Waals surface area contributed by atoms with Gasteiger partial charge in [0.1, 0.15) is 0 Å². The molecule has 2 aromatic rings. The molecule has 4 nitrogen and oxygen atoms in total. The molecule has 0 unspecified atom stereocenters. The molecule has 1 aliphatic rings. The van der Waals surface area contributed by atoms with Crippen LogP contribution >= 0.6 is 11.3 Å². The highest BCUT2D eigenvalue weighted by Crippen LogP contribution is 2.36. The first kappa shape index (κ1) is 10.4. The maximum absolute atomic E-state index is 5.65. The number of ether oxygens (including phenoxy) is 2. The Balaban J connectivity index is 2.00. The summed E-state index contributed by atoms with van der Waals surface area (Å²) in [5, 5.41) is 0.576. The fourth-order valence-corrected chi connectivity index (χ4v) is 2.42. The second-order valence-corrected chi connectivity index (χ2v) is 4.84. The Morgan fingerprint density at radius 1 is 1.18 bits per heavy atom. The predicted molar refractivity (Wildman–Crippen MR) is 67.6 cm³/mol.